The Morgan fingerprint density at radius 3 is 2.33 bits per heavy atom. The van der Waals surface area contributed by atoms with Crippen LogP contribution >= 0.6 is 0 Å². The maximum Gasteiger partial charge on any atom is 0.239 e. The number of rotatable bonds is 9. The van der Waals surface area contributed by atoms with Crippen molar-refractivity contribution in [3.63, 3.8) is 0 Å². The predicted octanol–water partition coefficient (Wildman–Crippen LogP) is 2.13. The summed E-state index contributed by atoms with van der Waals surface area (Å²) in [6.45, 7) is 6.42. The zero-order valence-corrected chi connectivity index (χ0v) is 14.0. The highest BCUT2D eigenvalue weighted by Gasteiger charge is 2.50. The van der Waals surface area contributed by atoms with Crippen LogP contribution in [0, 0.1) is 11.8 Å². The van der Waals surface area contributed by atoms with Gasteiger partial charge in [0.1, 0.15) is 5.54 Å². The van der Waals surface area contributed by atoms with Crippen molar-refractivity contribution in [1.82, 2.24) is 10.2 Å². The molecule has 3 N–H and O–H groups in total. The van der Waals surface area contributed by atoms with E-state index < -0.39 is 5.54 Å². The molecule has 2 aliphatic carbocycles. The highest BCUT2D eigenvalue weighted by atomic mass is 16.1. The molecule has 1 atom stereocenters. The van der Waals surface area contributed by atoms with Gasteiger partial charge in [0.15, 0.2) is 0 Å². The van der Waals surface area contributed by atoms with Crippen LogP contribution in [0.2, 0.25) is 0 Å². The number of carbonyl (C=O) groups excluding carboxylic acids is 1. The molecular formula is C17H33N3O. The molecule has 0 bridgehead atoms. The van der Waals surface area contributed by atoms with Gasteiger partial charge < -0.3 is 11.1 Å². The van der Waals surface area contributed by atoms with Crippen molar-refractivity contribution in [3.8, 4) is 0 Å². The fourth-order valence-electron chi connectivity index (χ4n) is 3.80. The molecule has 0 aromatic rings. The molecule has 0 aromatic carbocycles. The predicted molar refractivity (Wildman–Crippen MR) is 87.0 cm³/mol. The Hall–Kier alpha value is -0.610. The molecule has 2 saturated carbocycles. The summed E-state index contributed by atoms with van der Waals surface area (Å²) in [5, 5.41) is 3.30. The fourth-order valence-corrected chi connectivity index (χ4v) is 3.80. The molecule has 21 heavy (non-hydrogen) atoms. The zero-order chi connectivity index (χ0) is 15.5. The average Bonchev–Trinajstić information content (AvgIpc) is 3.14. The monoisotopic (exact) mass is 295 g/mol. The molecule has 2 fully saturated rings. The van der Waals surface area contributed by atoms with E-state index in [1.807, 2.05) is 7.05 Å². The molecular weight excluding hydrogens is 262 g/mol. The lowest BCUT2D eigenvalue weighted by Gasteiger charge is -2.39. The molecule has 0 aromatic heterocycles. The Balaban J connectivity index is 2.08. The van der Waals surface area contributed by atoms with Crippen LogP contribution in [0.1, 0.15) is 58.8 Å². The number of hydrogen-bond donors (Lipinski definition) is 2. The first kappa shape index (κ1) is 16.8. The van der Waals surface area contributed by atoms with E-state index >= 15 is 0 Å². The van der Waals surface area contributed by atoms with Crippen LogP contribution in [0.3, 0.4) is 0 Å². The van der Waals surface area contributed by atoms with Gasteiger partial charge in [0.2, 0.25) is 5.91 Å². The lowest BCUT2D eigenvalue weighted by Crippen LogP contribution is -2.63. The number of nitrogens with two attached hydrogens (primary N) is 1. The lowest BCUT2D eigenvalue weighted by molar-refractivity contribution is -0.126. The summed E-state index contributed by atoms with van der Waals surface area (Å²) in [5.41, 5.74) is 5.28. The second-order valence-electron chi connectivity index (χ2n) is 7.45. The summed E-state index contributed by atoms with van der Waals surface area (Å²) in [6.07, 6.45) is 8.67. The van der Waals surface area contributed by atoms with E-state index in [1.54, 1.807) is 0 Å². The summed E-state index contributed by atoms with van der Waals surface area (Å²) in [7, 11) is 1.90. The maximum atomic E-state index is 12.2. The Bertz CT molecular complexity index is 348. The molecule has 4 nitrogen and oxygen atoms in total. The summed E-state index contributed by atoms with van der Waals surface area (Å²) < 4.78 is 0. The number of carbonyl (C=O) groups is 1. The summed E-state index contributed by atoms with van der Waals surface area (Å²) in [6, 6.07) is 0.648. The minimum Gasteiger partial charge on any atom is -0.368 e. The topological polar surface area (TPSA) is 58.4 Å². The molecule has 1 unspecified atom stereocenters. The van der Waals surface area contributed by atoms with Gasteiger partial charge in [-0.25, -0.2) is 0 Å². The molecule has 122 valence electrons. The van der Waals surface area contributed by atoms with E-state index in [0.717, 1.165) is 25.9 Å². The molecule has 0 saturated heterocycles. The molecule has 0 spiro atoms. The smallest absolute Gasteiger partial charge is 0.239 e. The third-order valence-corrected chi connectivity index (χ3v) is 5.45. The summed E-state index contributed by atoms with van der Waals surface area (Å²) in [4.78, 5) is 14.7. The van der Waals surface area contributed by atoms with Gasteiger partial charge in [-0.1, -0.05) is 26.7 Å². The number of nitrogens with one attached hydrogen (secondary N) is 1. The standard InChI is InChI=1S/C17H33N3O/c1-13(2)10-11-20(15-6-4-5-7-15)12-17(19-3,16(18)21)14-8-9-14/h13-15,19H,4-12H2,1-3H3,(H2,18,21). The maximum absolute atomic E-state index is 12.2. The van der Waals surface area contributed by atoms with Crippen molar-refractivity contribution < 1.29 is 4.79 Å². The van der Waals surface area contributed by atoms with Gasteiger partial charge in [0.05, 0.1) is 0 Å². The van der Waals surface area contributed by atoms with Gasteiger partial charge in [0.25, 0.3) is 0 Å². The molecule has 0 radical (unpaired) electrons. The highest BCUT2D eigenvalue weighted by Crippen LogP contribution is 2.41. The van der Waals surface area contributed by atoms with E-state index in [-0.39, 0.29) is 5.91 Å². The van der Waals surface area contributed by atoms with Crippen molar-refractivity contribution in [2.45, 2.75) is 70.4 Å². The SMILES string of the molecule is CNC(CN(CCC(C)C)C1CCCC1)(C(N)=O)C1CC1. The first-order valence-corrected chi connectivity index (χ1v) is 8.72. The number of nitrogens with zero attached hydrogens (tertiary/aromatic N) is 1. The van der Waals surface area contributed by atoms with Crippen LogP contribution in [0.5, 0.6) is 0 Å². The van der Waals surface area contributed by atoms with Crippen LogP contribution in [-0.4, -0.2) is 42.5 Å². The first-order chi connectivity index (χ1) is 9.99. The van der Waals surface area contributed by atoms with Gasteiger partial charge in [-0.15, -0.1) is 0 Å². The highest BCUT2D eigenvalue weighted by molar-refractivity contribution is 5.86. The van der Waals surface area contributed by atoms with Crippen LogP contribution < -0.4 is 11.1 Å². The molecule has 2 rings (SSSR count). The van der Waals surface area contributed by atoms with E-state index in [1.165, 1.54) is 32.1 Å². The van der Waals surface area contributed by atoms with E-state index in [9.17, 15) is 4.79 Å². The largest absolute Gasteiger partial charge is 0.368 e. The Morgan fingerprint density at radius 2 is 1.90 bits per heavy atom. The third kappa shape index (κ3) is 3.98. The molecule has 4 heteroatoms. The second kappa shape index (κ2) is 7.10. The van der Waals surface area contributed by atoms with Gasteiger partial charge in [-0.2, -0.15) is 0 Å². The quantitative estimate of drug-likeness (QED) is 0.685. The lowest BCUT2D eigenvalue weighted by atomic mass is 9.90. The number of hydrogen-bond acceptors (Lipinski definition) is 3. The van der Waals surface area contributed by atoms with Gasteiger partial charge in [0, 0.05) is 12.6 Å². The number of primary amides is 1. The Morgan fingerprint density at radius 1 is 1.29 bits per heavy atom. The van der Waals surface area contributed by atoms with Crippen molar-refractivity contribution in [2.24, 2.45) is 17.6 Å². The summed E-state index contributed by atoms with van der Waals surface area (Å²) in [5.74, 6) is 0.968. The van der Waals surface area contributed by atoms with Crippen LogP contribution in [0.4, 0.5) is 0 Å². The van der Waals surface area contributed by atoms with Gasteiger partial charge in [-0.3, -0.25) is 9.69 Å². The van der Waals surface area contributed by atoms with Crippen molar-refractivity contribution in [3.05, 3.63) is 0 Å². The van der Waals surface area contributed by atoms with Crippen LogP contribution in [-0.2, 0) is 4.79 Å². The van der Waals surface area contributed by atoms with Gasteiger partial charge >= 0.3 is 0 Å². The minimum atomic E-state index is -0.514. The molecule has 0 aliphatic heterocycles. The normalized spacial score (nSPS) is 22.9. The molecule has 1 amide bonds. The minimum absolute atomic E-state index is 0.167. The Labute approximate surface area is 129 Å². The van der Waals surface area contributed by atoms with Crippen molar-refractivity contribution >= 4 is 5.91 Å². The van der Waals surface area contributed by atoms with E-state index in [4.69, 9.17) is 5.73 Å². The second-order valence-corrected chi connectivity index (χ2v) is 7.45. The van der Waals surface area contributed by atoms with Crippen LogP contribution in [0.25, 0.3) is 0 Å². The summed E-state index contributed by atoms with van der Waals surface area (Å²) >= 11 is 0. The van der Waals surface area contributed by atoms with Crippen molar-refractivity contribution in [2.75, 3.05) is 20.1 Å². The van der Waals surface area contributed by atoms with E-state index in [0.29, 0.717) is 17.9 Å². The zero-order valence-electron chi connectivity index (χ0n) is 14.0. The number of amides is 1. The molecule has 0 heterocycles. The Kier molecular flexibility index (Phi) is 5.67. The van der Waals surface area contributed by atoms with Crippen molar-refractivity contribution in [1.29, 1.82) is 0 Å². The molecule has 2 aliphatic rings. The van der Waals surface area contributed by atoms with Crippen LogP contribution in [0.15, 0.2) is 0 Å². The van der Waals surface area contributed by atoms with Gasteiger partial charge in [-0.05, 0) is 57.5 Å². The third-order valence-electron chi connectivity index (χ3n) is 5.45. The van der Waals surface area contributed by atoms with E-state index in [2.05, 4.69) is 24.1 Å². The average molecular weight is 295 g/mol. The first-order valence-electron chi connectivity index (χ1n) is 8.72. The number of likely N-dealkylation sites (N-methyl/N-ethyl adjacent to an activating group) is 1. The fraction of sp³-hybridized carbons (Fsp3) is 0.941.